The number of methoxy groups -OCH3 is 1. The van der Waals surface area contributed by atoms with Gasteiger partial charge >= 0.3 is 5.97 Å². The number of benzene rings is 3. The lowest BCUT2D eigenvalue weighted by molar-refractivity contribution is -0.384. The zero-order chi connectivity index (χ0) is 20.8. The summed E-state index contributed by atoms with van der Waals surface area (Å²) in [6, 6.07) is 20.2. The van der Waals surface area contributed by atoms with Gasteiger partial charge < -0.3 is 9.47 Å². The van der Waals surface area contributed by atoms with Gasteiger partial charge in [-0.1, -0.05) is 54.6 Å². The number of nitro benzene ring substituents is 1. The van der Waals surface area contributed by atoms with Crippen molar-refractivity contribution >= 4 is 17.4 Å². The molecule has 0 atom stereocenters. The third-order valence-electron chi connectivity index (χ3n) is 4.26. The fourth-order valence-corrected chi connectivity index (χ4v) is 2.74. The zero-order valence-electron chi connectivity index (χ0n) is 15.5. The van der Waals surface area contributed by atoms with Crippen LogP contribution in [0.1, 0.15) is 20.7 Å². The van der Waals surface area contributed by atoms with Crippen LogP contribution in [0.5, 0.6) is 5.75 Å². The molecule has 0 aromatic heterocycles. The van der Waals surface area contributed by atoms with Gasteiger partial charge in [0, 0.05) is 17.7 Å². The summed E-state index contributed by atoms with van der Waals surface area (Å²) in [6.07, 6.45) is 0. The van der Waals surface area contributed by atoms with Crippen LogP contribution in [-0.2, 0) is 4.74 Å². The van der Waals surface area contributed by atoms with Crippen molar-refractivity contribution in [1.82, 2.24) is 0 Å². The molecule has 0 bridgehead atoms. The summed E-state index contributed by atoms with van der Waals surface area (Å²) in [4.78, 5) is 34.9. The predicted octanol–water partition coefficient (Wildman–Crippen LogP) is 4.31. The summed E-state index contributed by atoms with van der Waals surface area (Å²) in [5, 5.41) is 10.9. The standard InChI is InChI=1S/C22H17NO6/c1-28-21-12-11-18(23(26)27)13-19(21)22(25)29-14-20(24)17-9-7-16(8-10-17)15-5-3-2-4-6-15/h2-13H,14H2,1H3. The number of nitrogens with zero attached hydrogens (tertiary/aromatic N) is 1. The lowest BCUT2D eigenvalue weighted by Gasteiger charge is -2.09. The molecular weight excluding hydrogens is 374 g/mol. The topological polar surface area (TPSA) is 95.7 Å². The van der Waals surface area contributed by atoms with Crippen LogP contribution < -0.4 is 4.74 Å². The van der Waals surface area contributed by atoms with E-state index in [9.17, 15) is 19.7 Å². The average Bonchev–Trinajstić information content (AvgIpc) is 2.77. The molecule has 0 fully saturated rings. The van der Waals surface area contributed by atoms with Crippen molar-refractivity contribution in [3.63, 3.8) is 0 Å². The molecular formula is C22H17NO6. The lowest BCUT2D eigenvalue weighted by atomic mass is 10.0. The van der Waals surface area contributed by atoms with Crippen molar-refractivity contribution in [2.75, 3.05) is 13.7 Å². The Hall–Kier alpha value is -4.00. The first-order valence-corrected chi connectivity index (χ1v) is 8.68. The third kappa shape index (κ3) is 4.65. The maximum atomic E-state index is 12.3. The number of carbonyl (C=O) groups is 2. The van der Waals surface area contributed by atoms with E-state index in [-0.39, 0.29) is 22.8 Å². The summed E-state index contributed by atoms with van der Waals surface area (Å²) < 4.78 is 10.1. The van der Waals surface area contributed by atoms with E-state index in [0.29, 0.717) is 5.56 Å². The molecule has 3 aromatic carbocycles. The predicted molar refractivity (Wildman–Crippen MR) is 106 cm³/mol. The Morgan fingerprint density at radius 1 is 0.931 bits per heavy atom. The number of ketones is 1. The Labute approximate surface area is 166 Å². The summed E-state index contributed by atoms with van der Waals surface area (Å²) >= 11 is 0. The molecule has 0 unspecified atom stereocenters. The first-order chi connectivity index (χ1) is 14.0. The van der Waals surface area contributed by atoms with Crippen LogP contribution >= 0.6 is 0 Å². The van der Waals surface area contributed by atoms with Gasteiger partial charge in [0.15, 0.2) is 12.4 Å². The normalized spacial score (nSPS) is 10.2. The smallest absolute Gasteiger partial charge is 0.342 e. The van der Waals surface area contributed by atoms with Crippen LogP contribution in [0.4, 0.5) is 5.69 Å². The highest BCUT2D eigenvalue weighted by atomic mass is 16.6. The first-order valence-electron chi connectivity index (χ1n) is 8.68. The van der Waals surface area contributed by atoms with Crippen LogP contribution in [-0.4, -0.2) is 30.4 Å². The van der Waals surface area contributed by atoms with E-state index in [1.54, 1.807) is 12.1 Å². The zero-order valence-corrected chi connectivity index (χ0v) is 15.5. The number of carbonyl (C=O) groups excluding carboxylic acids is 2. The van der Waals surface area contributed by atoms with Crippen molar-refractivity contribution in [3.05, 3.63) is 94.0 Å². The molecule has 0 amide bonds. The molecule has 146 valence electrons. The molecule has 0 N–H and O–H groups in total. The van der Waals surface area contributed by atoms with Crippen LogP contribution in [0.3, 0.4) is 0 Å². The van der Waals surface area contributed by atoms with Gasteiger partial charge in [0.1, 0.15) is 11.3 Å². The van der Waals surface area contributed by atoms with Crippen molar-refractivity contribution in [2.45, 2.75) is 0 Å². The molecule has 0 aliphatic heterocycles. The highest BCUT2D eigenvalue weighted by molar-refractivity contribution is 6.00. The number of hydrogen-bond acceptors (Lipinski definition) is 6. The molecule has 0 saturated carbocycles. The monoisotopic (exact) mass is 391 g/mol. The first kappa shape index (κ1) is 19.8. The van der Waals surface area contributed by atoms with E-state index < -0.39 is 17.5 Å². The third-order valence-corrected chi connectivity index (χ3v) is 4.26. The Kier molecular flexibility index (Phi) is 5.99. The second-order valence-corrected chi connectivity index (χ2v) is 6.08. The highest BCUT2D eigenvalue weighted by Gasteiger charge is 2.20. The number of esters is 1. The molecule has 0 aliphatic rings. The molecule has 3 aromatic rings. The molecule has 7 nitrogen and oxygen atoms in total. The van der Waals surface area contributed by atoms with Gasteiger partial charge in [0.25, 0.3) is 5.69 Å². The van der Waals surface area contributed by atoms with Gasteiger partial charge in [0.2, 0.25) is 0 Å². The molecule has 0 heterocycles. The number of ether oxygens (including phenoxy) is 2. The average molecular weight is 391 g/mol. The summed E-state index contributed by atoms with van der Waals surface area (Å²) in [5.74, 6) is -1.14. The van der Waals surface area contributed by atoms with E-state index in [2.05, 4.69) is 0 Å². The van der Waals surface area contributed by atoms with E-state index in [1.807, 2.05) is 42.5 Å². The number of hydrogen-bond donors (Lipinski definition) is 0. The minimum absolute atomic E-state index is 0.117. The maximum Gasteiger partial charge on any atom is 0.342 e. The van der Waals surface area contributed by atoms with Crippen molar-refractivity contribution in [2.24, 2.45) is 0 Å². The molecule has 0 radical (unpaired) electrons. The van der Waals surface area contributed by atoms with Crippen LogP contribution in [0.25, 0.3) is 11.1 Å². The second kappa shape index (κ2) is 8.79. The van der Waals surface area contributed by atoms with Gasteiger partial charge in [-0.25, -0.2) is 4.79 Å². The van der Waals surface area contributed by atoms with Crippen molar-refractivity contribution in [1.29, 1.82) is 0 Å². The van der Waals surface area contributed by atoms with Gasteiger partial charge in [-0.05, 0) is 17.2 Å². The minimum Gasteiger partial charge on any atom is -0.496 e. The number of non-ortho nitro benzene ring substituents is 1. The van der Waals surface area contributed by atoms with Gasteiger partial charge in [-0.3, -0.25) is 14.9 Å². The fraction of sp³-hybridized carbons (Fsp3) is 0.0909. The molecule has 0 saturated heterocycles. The number of nitro groups is 1. The van der Waals surface area contributed by atoms with Crippen molar-refractivity contribution < 1.29 is 24.0 Å². The van der Waals surface area contributed by atoms with Gasteiger partial charge in [0.05, 0.1) is 12.0 Å². The van der Waals surface area contributed by atoms with Gasteiger partial charge in [-0.15, -0.1) is 0 Å². The van der Waals surface area contributed by atoms with Crippen LogP contribution in [0.15, 0.2) is 72.8 Å². The molecule has 0 aliphatic carbocycles. The van der Waals surface area contributed by atoms with Crippen LogP contribution in [0, 0.1) is 10.1 Å². The SMILES string of the molecule is COc1ccc([N+](=O)[O-])cc1C(=O)OCC(=O)c1ccc(-c2ccccc2)cc1. The van der Waals surface area contributed by atoms with Gasteiger partial charge in [-0.2, -0.15) is 0 Å². The summed E-state index contributed by atoms with van der Waals surface area (Å²) in [7, 11) is 1.33. The fourth-order valence-electron chi connectivity index (χ4n) is 2.74. The largest absolute Gasteiger partial charge is 0.496 e. The van der Waals surface area contributed by atoms with E-state index in [4.69, 9.17) is 9.47 Å². The summed E-state index contributed by atoms with van der Waals surface area (Å²) in [6.45, 7) is -0.491. The number of rotatable bonds is 7. The van der Waals surface area contributed by atoms with E-state index in [1.165, 1.54) is 19.2 Å². The molecule has 3 rings (SSSR count). The highest BCUT2D eigenvalue weighted by Crippen LogP contribution is 2.25. The lowest BCUT2D eigenvalue weighted by Crippen LogP contribution is -2.15. The Bertz CT molecular complexity index is 1040. The Morgan fingerprint density at radius 3 is 2.21 bits per heavy atom. The Morgan fingerprint density at radius 2 is 1.59 bits per heavy atom. The molecule has 29 heavy (non-hydrogen) atoms. The molecule has 7 heteroatoms. The number of Topliss-reactive ketones (excluding diaryl/α,β-unsaturated/α-hetero) is 1. The quantitative estimate of drug-likeness (QED) is 0.258. The van der Waals surface area contributed by atoms with E-state index >= 15 is 0 Å². The minimum atomic E-state index is -0.875. The summed E-state index contributed by atoms with van der Waals surface area (Å²) in [5.41, 5.74) is 1.98. The molecule has 0 spiro atoms. The Balaban J connectivity index is 1.68. The van der Waals surface area contributed by atoms with Crippen molar-refractivity contribution in [3.8, 4) is 16.9 Å². The maximum absolute atomic E-state index is 12.3. The second-order valence-electron chi connectivity index (χ2n) is 6.08. The van der Waals surface area contributed by atoms with E-state index in [0.717, 1.165) is 17.2 Å². The van der Waals surface area contributed by atoms with Crippen LogP contribution in [0.2, 0.25) is 0 Å².